The number of aliphatic hydroxyl groups excluding tert-OH is 1. The maximum atomic E-state index is 11.3. The molecule has 1 aliphatic heterocycles. The van der Waals surface area contributed by atoms with Crippen LogP contribution in [0.15, 0.2) is 18.3 Å². The van der Waals surface area contributed by atoms with Gasteiger partial charge in [-0.2, -0.15) is 0 Å². The van der Waals surface area contributed by atoms with Gasteiger partial charge in [-0.1, -0.05) is 0 Å². The molecule has 0 amide bonds. The summed E-state index contributed by atoms with van der Waals surface area (Å²) in [5.41, 5.74) is 0.279. The molecule has 0 bridgehead atoms. The molecule has 1 saturated heterocycles. The number of hydrogen-bond acceptors (Lipinski definition) is 4. The van der Waals surface area contributed by atoms with Crippen molar-refractivity contribution in [2.75, 3.05) is 18.0 Å². The second-order valence-electron chi connectivity index (χ2n) is 5.90. The lowest BCUT2D eigenvalue weighted by Crippen LogP contribution is -2.44. The second-order valence-corrected chi connectivity index (χ2v) is 5.90. The molecular formula is C15H20N2O3. The summed E-state index contributed by atoms with van der Waals surface area (Å²) >= 11 is 0. The number of nitrogens with zero attached hydrogens (tertiary/aromatic N) is 2. The van der Waals surface area contributed by atoms with Crippen molar-refractivity contribution < 1.29 is 15.0 Å². The number of carboxylic acid groups (broad SMARTS) is 1. The maximum absolute atomic E-state index is 11.3. The number of rotatable bonds is 2. The van der Waals surface area contributed by atoms with Gasteiger partial charge in [-0.25, -0.2) is 9.78 Å². The maximum Gasteiger partial charge on any atom is 0.339 e. The fourth-order valence-corrected chi connectivity index (χ4v) is 3.60. The van der Waals surface area contributed by atoms with Crippen molar-refractivity contribution >= 4 is 11.8 Å². The molecule has 0 spiro atoms. The number of carbonyl (C=O) groups is 1. The van der Waals surface area contributed by atoms with Crippen molar-refractivity contribution in [2.45, 2.75) is 31.8 Å². The van der Waals surface area contributed by atoms with Crippen LogP contribution in [0.4, 0.5) is 5.82 Å². The third-order valence-electron chi connectivity index (χ3n) is 4.65. The molecule has 2 aliphatic rings. The van der Waals surface area contributed by atoms with E-state index in [0.717, 1.165) is 38.8 Å². The number of fused-ring (bicyclic) bond motifs is 1. The highest BCUT2D eigenvalue weighted by atomic mass is 16.4. The lowest BCUT2D eigenvalue weighted by atomic mass is 9.74. The van der Waals surface area contributed by atoms with Gasteiger partial charge >= 0.3 is 5.97 Å². The number of aliphatic hydroxyl groups is 1. The van der Waals surface area contributed by atoms with Crippen LogP contribution in [0.5, 0.6) is 0 Å². The van der Waals surface area contributed by atoms with Gasteiger partial charge < -0.3 is 15.1 Å². The molecule has 1 saturated carbocycles. The van der Waals surface area contributed by atoms with Crippen LogP contribution in [-0.4, -0.2) is 40.4 Å². The van der Waals surface area contributed by atoms with E-state index in [0.29, 0.717) is 17.7 Å². The second kappa shape index (κ2) is 5.40. The number of piperidine rings is 1. The number of carboxylic acids is 1. The molecule has 1 aromatic rings. The molecule has 20 heavy (non-hydrogen) atoms. The molecule has 0 radical (unpaired) electrons. The Morgan fingerprint density at radius 1 is 1.30 bits per heavy atom. The highest BCUT2D eigenvalue weighted by Gasteiger charge is 2.35. The minimum absolute atomic E-state index is 0.146. The van der Waals surface area contributed by atoms with Gasteiger partial charge in [0.1, 0.15) is 11.4 Å². The van der Waals surface area contributed by atoms with Crippen LogP contribution in [0.1, 0.15) is 36.0 Å². The van der Waals surface area contributed by atoms with E-state index in [1.54, 1.807) is 18.3 Å². The van der Waals surface area contributed by atoms with Gasteiger partial charge in [0.2, 0.25) is 0 Å². The molecule has 108 valence electrons. The molecule has 1 aromatic heterocycles. The lowest BCUT2D eigenvalue weighted by molar-refractivity contribution is 0.0597. The molecule has 3 rings (SSSR count). The van der Waals surface area contributed by atoms with E-state index in [4.69, 9.17) is 0 Å². The van der Waals surface area contributed by atoms with Crippen molar-refractivity contribution in [3.8, 4) is 0 Å². The zero-order valence-corrected chi connectivity index (χ0v) is 11.4. The molecule has 1 aliphatic carbocycles. The fraction of sp³-hybridized carbons (Fsp3) is 0.600. The first-order valence-electron chi connectivity index (χ1n) is 7.26. The monoisotopic (exact) mass is 276 g/mol. The summed E-state index contributed by atoms with van der Waals surface area (Å²) < 4.78 is 0. The van der Waals surface area contributed by atoms with Gasteiger partial charge in [-0.3, -0.25) is 0 Å². The molecule has 0 aromatic carbocycles. The molecule has 5 heteroatoms. The number of anilines is 1. The van der Waals surface area contributed by atoms with Crippen molar-refractivity contribution in [2.24, 2.45) is 11.8 Å². The molecule has 2 fully saturated rings. The van der Waals surface area contributed by atoms with Crippen molar-refractivity contribution in [1.82, 2.24) is 4.98 Å². The first-order valence-corrected chi connectivity index (χ1v) is 7.26. The lowest BCUT2D eigenvalue weighted by Gasteiger charge is -2.43. The first-order chi connectivity index (χ1) is 9.65. The summed E-state index contributed by atoms with van der Waals surface area (Å²) in [5.74, 6) is 0.793. The highest BCUT2D eigenvalue weighted by molar-refractivity contribution is 5.93. The van der Waals surface area contributed by atoms with Gasteiger partial charge in [0.15, 0.2) is 0 Å². The minimum Gasteiger partial charge on any atom is -0.478 e. The van der Waals surface area contributed by atoms with Crippen LogP contribution in [-0.2, 0) is 0 Å². The van der Waals surface area contributed by atoms with Crippen molar-refractivity contribution in [1.29, 1.82) is 0 Å². The zero-order chi connectivity index (χ0) is 14.1. The van der Waals surface area contributed by atoms with Gasteiger partial charge in [0.25, 0.3) is 0 Å². The predicted molar refractivity (Wildman–Crippen MR) is 74.9 cm³/mol. The summed E-state index contributed by atoms with van der Waals surface area (Å²) in [6, 6.07) is 3.28. The fourth-order valence-electron chi connectivity index (χ4n) is 3.60. The Hall–Kier alpha value is -1.62. The SMILES string of the molecule is O=C(O)c1cccnc1N1CCC2CC(O)CCC2C1. The third-order valence-corrected chi connectivity index (χ3v) is 4.65. The van der Waals surface area contributed by atoms with E-state index in [1.165, 1.54) is 0 Å². The van der Waals surface area contributed by atoms with Gasteiger partial charge in [-0.05, 0) is 49.7 Å². The Morgan fingerprint density at radius 2 is 2.15 bits per heavy atom. The molecule has 2 heterocycles. The van der Waals surface area contributed by atoms with E-state index in [-0.39, 0.29) is 11.7 Å². The van der Waals surface area contributed by atoms with Crippen LogP contribution >= 0.6 is 0 Å². The van der Waals surface area contributed by atoms with E-state index in [2.05, 4.69) is 9.88 Å². The summed E-state index contributed by atoms with van der Waals surface area (Å²) in [5, 5.41) is 19.0. The summed E-state index contributed by atoms with van der Waals surface area (Å²) in [7, 11) is 0. The Morgan fingerprint density at radius 3 is 2.95 bits per heavy atom. The van der Waals surface area contributed by atoms with E-state index >= 15 is 0 Å². The van der Waals surface area contributed by atoms with E-state index < -0.39 is 5.97 Å². The standard InChI is InChI=1S/C15H20N2O3/c18-12-4-3-11-9-17(7-5-10(11)8-12)14-13(15(19)20)2-1-6-16-14/h1-2,6,10-12,18H,3-5,7-9H2,(H,19,20). The van der Waals surface area contributed by atoms with Crippen LogP contribution in [0.2, 0.25) is 0 Å². The Bertz CT molecular complexity index is 506. The van der Waals surface area contributed by atoms with E-state index in [9.17, 15) is 15.0 Å². The van der Waals surface area contributed by atoms with E-state index in [1.807, 2.05) is 0 Å². The average molecular weight is 276 g/mol. The zero-order valence-electron chi connectivity index (χ0n) is 11.4. The summed E-state index contributed by atoms with van der Waals surface area (Å²) in [6.07, 6.45) is 5.30. The van der Waals surface area contributed by atoms with Crippen LogP contribution in [0.25, 0.3) is 0 Å². The molecule has 2 N–H and O–H groups in total. The van der Waals surface area contributed by atoms with Crippen molar-refractivity contribution in [3.63, 3.8) is 0 Å². The van der Waals surface area contributed by atoms with Crippen LogP contribution in [0, 0.1) is 11.8 Å². The molecule has 3 atom stereocenters. The van der Waals surface area contributed by atoms with Gasteiger partial charge in [0, 0.05) is 19.3 Å². The summed E-state index contributed by atoms with van der Waals surface area (Å²) in [6.45, 7) is 1.68. The molecule has 5 nitrogen and oxygen atoms in total. The Balaban J connectivity index is 1.78. The number of aromatic carboxylic acids is 1. The Kier molecular flexibility index (Phi) is 3.61. The minimum atomic E-state index is -0.922. The number of pyridine rings is 1. The topological polar surface area (TPSA) is 73.7 Å². The molecular weight excluding hydrogens is 256 g/mol. The van der Waals surface area contributed by atoms with Crippen molar-refractivity contribution in [3.05, 3.63) is 23.9 Å². The smallest absolute Gasteiger partial charge is 0.339 e. The molecule has 3 unspecified atom stereocenters. The third kappa shape index (κ3) is 2.50. The largest absolute Gasteiger partial charge is 0.478 e. The number of hydrogen-bond donors (Lipinski definition) is 2. The Labute approximate surface area is 118 Å². The van der Waals surface area contributed by atoms with Crippen LogP contribution < -0.4 is 4.90 Å². The van der Waals surface area contributed by atoms with Gasteiger partial charge in [-0.15, -0.1) is 0 Å². The average Bonchev–Trinajstić information content (AvgIpc) is 2.46. The normalized spacial score (nSPS) is 29.9. The quantitative estimate of drug-likeness (QED) is 0.861. The summed E-state index contributed by atoms with van der Waals surface area (Å²) in [4.78, 5) is 17.7. The first kappa shape index (κ1) is 13.4. The predicted octanol–water partition coefficient (Wildman–Crippen LogP) is 1.77. The van der Waals surface area contributed by atoms with Gasteiger partial charge in [0.05, 0.1) is 6.10 Å². The number of aromatic nitrogens is 1. The highest BCUT2D eigenvalue weighted by Crippen LogP contribution is 2.37. The van der Waals surface area contributed by atoms with Crippen LogP contribution in [0.3, 0.4) is 0 Å².